The van der Waals surface area contributed by atoms with E-state index in [9.17, 15) is 4.79 Å². The van der Waals surface area contributed by atoms with Gasteiger partial charge >= 0.3 is 0 Å². The second-order valence-electron chi connectivity index (χ2n) is 5.32. The molecule has 1 unspecified atom stereocenters. The zero-order valence-corrected chi connectivity index (χ0v) is 15.2. The summed E-state index contributed by atoms with van der Waals surface area (Å²) in [7, 11) is 1.79. The standard InChI is InChI=1S/C18H21O2P.Li/c1-11-10-12(2)17(14(4)13(11)3)18(19)21-16-8-6-15(20-5)7-9-16;/h6-10,21H,1-5H3;. The quantitative estimate of drug-likeness (QED) is 0.636. The Hall–Kier alpha value is -1.06. The summed E-state index contributed by atoms with van der Waals surface area (Å²) in [5.74, 6) is 0.814. The fourth-order valence-electron chi connectivity index (χ4n) is 2.50. The summed E-state index contributed by atoms with van der Waals surface area (Å²) in [6, 6.07) is 9.82. The van der Waals surface area contributed by atoms with Crippen molar-refractivity contribution < 1.29 is 9.53 Å². The number of benzene rings is 2. The molecule has 0 saturated heterocycles. The van der Waals surface area contributed by atoms with E-state index >= 15 is 0 Å². The molecule has 0 saturated carbocycles. The minimum absolute atomic E-state index is 0. The van der Waals surface area contributed by atoms with E-state index in [-0.39, 0.29) is 33.0 Å². The van der Waals surface area contributed by atoms with Crippen molar-refractivity contribution in [2.75, 3.05) is 7.11 Å². The third-order valence-corrected chi connectivity index (χ3v) is 5.03. The SMILES string of the molecule is COc1ccc(PC(=O)c2c(C)cc(C)c(C)c2C)cc1.[Li]. The van der Waals surface area contributed by atoms with Crippen LogP contribution >= 0.6 is 8.58 Å². The van der Waals surface area contributed by atoms with Gasteiger partial charge in [-0.05, 0) is 76.0 Å². The molecule has 0 bridgehead atoms. The van der Waals surface area contributed by atoms with Crippen molar-refractivity contribution in [1.82, 2.24) is 0 Å². The maximum absolute atomic E-state index is 12.7. The van der Waals surface area contributed by atoms with Crippen molar-refractivity contribution in [2.24, 2.45) is 0 Å². The molecule has 0 fully saturated rings. The number of hydrogen-bond donors (Lipinski definition) is 0. The largest absolute Gasteiger partial charge is 0.497 e. The van der Waals surface area contributed by atoms with Gasteiger partial charge in [0.25, 0.3) is 0 Å². The first-order chi connectivity index (χ1) is 9.93. The second-order valence-corrected chi connectivity index (χ2v) is 6.60. The van der Waals surface area contributed by atoms with Crippen LogP contribution in [0.25, 0.3) is 0 Å². The molecule has 2 nitrogen and oxygen atoms in total. The summed E-state index contributed by atoms with van der Waals surface area (Å²) in [5, 5.41) is 1.04. The van der Waals surface area contributed by atoms with Crippen LogP contribution in [-0.4, -0.2) is 31.5 Å². The Morgan fingerprint density at radius 3 is 2.09 bits per heavy atom. The van der Waals surface area contributed by atoms with E-state index in [1.54, 1.807) is 7.11 Å². The van der Waals surface area contributed by atoms with E-state index in [0.29, 0.717) is 0 Å². The number of ether oxygens (including phenoxy) is 1. The molecule has 0 spiro atoms. The van der Waals surface area contributed by atoms with Gasteiger partial charge in [0.05, 0.1) is 7.11 Å². The first kappa shape index (κ1) is 19.0. The van der Waals surface area contributed by atoms with Gasteiger partial charge in [0.2, 0.25) is 0 Å². The average molecular weight is 307 g/mol. The topological polar surface area (TPSA) is 26.3 Å². The van der Waals surface area contributed by atoms with Gasteiger partial charge in [0.1, 0.15) is 5.75 Å². The van der Waals surface area contributed by atoms with E-state index in [0.717, 1.165) is 27.7 Å². The van der Waals surface area contributed by atoms with E-state index in [4.69, 9.17) is 4.74 Å². The first-order valence-electron chi connectivity index (χ1n) is 6.97. The van der Waals surface area contributed by atoms with Gasteiger partial charge in [-0.1, -0.05) is 18.2 Å². The normalized spacial score (nSPS) is 10.6. The molecular formula is C18H21LiO2P. The predicted octanol–water partition coefficient (Wildman–Crippen LogP) is 3.69. The minimum atomic E-state index is 0. The third kappa shape index (κ3) is 4.02. The average Bonchev–Trinajstić information content (AvgIpc) is 2.45. The van der Waals surface area contributed by atoms with E-state index in [1.165, 1.54) is 11.1 Å². The molecule has 0 N–H and O–H groups in total. The van der Waals surface area contributed by atoms with Crippen LogP contribution in [0.1, 0.15) is 32.6 Å². The van der Waals surface area contributed by atoms with E-state index in [1.807, 2.05) is 38.1 Å². The Bertz CT molecular complexity index is 678. The van der Waals surface area contributed by atoms with Gasteiger partial charge in [-0.25, -0.2) is 0 Å². The molecule has 0 amide bonds. The van der Waals surface area contributed by atoms with Crippen molar-refractivity contribution >= 4 is 38.3 Å². The van der Waals surface area contributed by atoms with Crippen LogP contribution in [0.2, 0.25) is 0 Å². The fourth-order valence-corrected chi connectivity index (χ4v) is 3.61. The molecule has 2 aromatic rings. The van der Waals surface area contributed by atoms with Gasteiger partial charge in [0.15, 0.2) is 5.52 Å². The molecular weight excluding hydrogens is 286 g/mol. The molecule has 1 atom stereocenters. The Balaban J connectivity index is 0.00000242. The Labute approximate surface area is 146 Å². The Morgan fingerprint density at radius 2 is 1.55 bits per heavy atom. The van der Waals surface area contributed by atoms with Crippen LogP contribution in [0.4, 0.5) is 0 Å². The van der Waals surface area contributed by atoms with E-state index in [2.05, 4.69) is 19.9 Å². The zero-order chi connectivity index (χ0) is 15.6. The number of carbonyl (C=O) groups is 1. The van der Waals surface area contributed by atoms with Crippen molar-refractivity contribution in [3.8, 4) is 5.75 Å². The van der Waals surface area contributed by atoms with Gasteiger partial charge in [-0.2, -0.15) is 0 Å². The number of aryl methyl sites for hydroxylation is 2. The zero-order valence-electron chi connectivity index (χ0n) is 14.2. The summed E-state index contributed by atoms with van der Waals surface area (Å²) in [6.07, 6.45) is 0. The van der Waals surface area contributed by atoms with Gasteiger partial charge in [-0.3, -0.25) is 4.79 Å². The molecule has 2 rings (SSSR count). The van der Waals surface area contributed by atoms with Gasteiger partial charge < -0.3 is 4.74 Å². The van der Waals surface area contributed by atoms with Crippen LogP contribution in [-0.2, 0) is 0 Å². The maximum Gasteiger partial charge on any atom is 0.186 e. The molecule has 111 valence electrons. The minimum Gasteiger partial charge on any atom is -0.497 e. The van der Waals surface area contributed by atoms with Crippen molar-refractivity contribution in [1.29, 1.82) is 0 Å². The van der Waals surface area contributed by atoms with Gasteiger partial charge in [0, 0.05) is 24.4 Å². The second kappa shape index (κ2) is 7.98. The predicted molar refractivity (Wildman–Crippen MR) is 96.4 cm³/mol. The molecule has 2 aromatic carbocycles. The Morgan fingerprint density at radius 1 is 0.955 bits per heavy atom. The van der Waals surface area contributed by atoms with Gasteiger partial charge in [-0.15, -0.1) is 0 Å². The van der Waals surface area contributed by atoms with Crippen LogP contribution in [0.3, 0.4) is 0 Å². The number of rotatable bonds is 4. The van der Waals surface area contributed by atoms with Crippen LogP contribution in [0, 0.1) is 27.7 Å². The van der Waals surface area contributed by atoms with Crippen molar-refractivity contribution in [3.63, 3.8) is 0 Å². The number of hydrogen-bond acceptors (Lipinski definition) is 2. The van der Waals surface area contributed by atoms with Crippen LogP contribution in [0.5, 0.6) is 5.75 Å². The molecule has 0 aliphatic heterocycles. The summed E-state index contributed by atoms with van der Waals surface area (Å²) < 4.78 is 5.14. The van der Waals surface area contributed by atoms with Crippen LogP contribution < -0.4 is 10.0 Å². The molecule has 0 aromatic heterocycles. The Kier molecular flexibility index (Phi) is 6.88. The first-order valence-corrected chi connectivity index (χ1v) is 7.97. The molecule has 4 heteroatoms. The summed E-state index contributed by atoms with van der Waals surface area (Å²) in [6.45, 7) is 8.24. The molecule has 0 aliphatic carbocycles. The van der Waals surface area contributed by atoms with Crippen LogP contribution in [0.15, 0.2) is 30.3 Å². The van der Waals surface area contributed by atoms with Crippen molar-refractivity contribution in [3.05, 3.63) is 58.1 Å². The molecule has 0 heterocycles. The fraction of sp³-hybridized carbons (Fsp3) is 0.278. The third-order valence-electron chi connectivity index (χ3n) is 3.93. The maximum atomic E-state index is 12.7. The summed E-state index contributed by atoms with van der Waals surface area (Å²) in [4.78, 5) is 12.7. The smallest absolute Gasteiger partial charge is 0.186 e. The summed E-state index contributed by atoms with van der Waals surface area (Å²) in [5.41, 5.74) is 5.73. The molecule has 1 radical (unpaired) electrons. The summed E-state index contributed by atoms with van der Waals surface area (Å²) >= 11 is 0. The molecule has 0 aliphatic rings. The van der Waals surface area contributed by atoms with Crippen molar-refractivity contribution in [2.45, 2.75) is 27.7 Å². The number of methoxy groups -OCH3 is 1. The molecule has 22 heavy (non-hydrogen) atoms. The monoisotopic (exact) mass is 307 g/mol. The van der Waals surface area contributed by atoms with E-state index < -0.39 is 0 Å². The number of carbonyl (C=O) groups excluding carboxylic acids is 1.